The first-order chi connectivity index (χ1) is 10.3. The lowest BCUT2D eigenvalue weighted by molar-refractivity contribution is 0.282. The zero-order chi connectivity index (χ0) is 15.1. The van der Waals surface area contributed by atoms with E-state index in [1.807, 2.05) is 29.2 Å². The van der Waals surface area contributed by atoms with E-state index in [0.29, 0.717) is 24.5 Å². The van der Waals surface area contributed by atoms with E-state index in [4.69, 9.17) is 16.9 Å². The first-order valence-electron chi connectivity index (χ1n) is 6.65. The Morgan fingerprint density at radius 3 is 2.81 bits per heavy atom. The molecule has 0 aliphatic rings. The number of hydrogen-bond donors (Lipinski definition) is 1. The number of hydrogen-bond acceptors (Lipinski definition) is 4. The number of benzene rings is 1. The molecule has 0 spiro atoms. The Kier molecular flexibility index (Phi) is 5.56. The number of aliphatic hydroxyl groups excluding tert-OH is 1. The average Bonchev–Trinajstić information content (AvgIpc) is 2.52. The minimum absolute atomic E-state index is 0.0913. The molecule has 5 heteroatoms. The molecule has 0 radical (unpaired) electrons. The van der Waals surface area contributed by atoms with Crippen molar-refractivity contribution in [2.24, 2.45) is 0 Å². The standard InChI is InChI=1S/C16H16ClN3O/c17-15-6-1-5-14(12-21)16(15)20(9-3-7-18)11-13-4-2-8-19-10-13/h1-2,4-6,8,10,21H,3,9,11-12H2. The third kappa shape index (κ3) is 3.94. The highest BCUT2D eigenvalue weighted by atomic mass is 35.5. The lowest BCUT2D eigenvalue weighted by Gasteiger charge is -2.27. The normalized spacial score (nSPS) is 10.1. The predicted octanol–water partition coefficient (Wildman–Crippen LogP) is 3.15. The van der Waals surface area contributed by atoms with Gasteiger partial charge in [-0.05, 0) is 17.7 Å². The number of nitrogens with zero attached hydrogens (tertiary/aromatic N) is 3. The summed E-state index contributed by atoms with van der Waals surface area (Å²) in [5, 5.41) is 18.9. The first kappa shape index (κ1) is 15.3. The van der Waals surface area contributed by atoms with Gasteiger partial charge in [0.05, 0.1) is 29.8 Å². The molecule has 0 amide bonds. The van der Waals surface area contributed by atoms with Crippen molar-refractivity contribution in [1.29, 1.82) is 5.26 Å². The van der Waals surface area contributed by atoms with Crippen LogP contribution in [0.2, 0.25) is 5.02 Å². The molecule has 0 unspecified atom stereocenters. The fourth-order valence-electron chi connectivity index (χ4n) is 2.21. The number of pyridine rings is 1. The van der Waals surface area contributed by atoms with Gasteiger partial charge in [-0.2, -0.15) is 5.26 Å². The van der Waals surface area contributed by atoms with Crippen LogP contribution in [0.4, 0.5) is 5.69 Å². The van der Waals surface area contributed by atoms with Crippen molar-refractivity contribution in [3.05, 3.63) is 58.9 Å². The van der Waals surface area contributed by atoms with Crippen LogP contribution < -0.4 is 4.90 Å². The second kappa shape index (κ2) is 7.63. The molecule has 2 rings (SSSR count). The third-order valence-electron chi connectivity index (χ3n) is 3.15. The van der Waals surface area contributed by atoms with Crippen LogP contribution in [0.5, 0.6) is 0 Å². The summed E-state index contributed by atoms with van der Waals surface area (Å²) >= 11 is 6.30. The molecule has 0 aliphatic carbocycles. The summed E-state index contributed by atoms with van der Waals surface area (Å²) < 4.78 is 0. The number of rotatable bonds is 6. The lowest BCUT2D eigenvalue weighted by atomic mass is 10.1. The van der Waals surface area contributed by atoms with Crippen molar-refractivity contribution in [3.8, 4) is 6.07 Å². The Morgan fingerprint density at radius 2 is 2.14 bits per heavy atom. The van der Waals surface area contributed by atoms with Gasteiger partial charge in [0.15, 0.2) is 0 Å². The smallest absolute Gasteiger partial charge is 0.0702 e. The predicted molar refractivity (Wildman–Crippen MR) is 82.9 cm³/mol. The molecule has 4 nitrogen and oxygen atoms in total. The zero-order valence-corrected chi connectivity index (χ0v) is 12.3. The van der Waals surface area contributed by atoms with E-state index in [-0.39, 0.29) is 6.61 Å². The number of halogens is 1. The molecule has 2 aromatic rings. The monoisotopic (exact) mass is 301 g/mol. The minimum atomic E-state index is -0.0913. The van der Waals surface area contributed by atoms with Crippen molar-refractivity contribution in [2.45, 2.75) is 19.6 Å². The van der Waals surface area contributed by atoms with Crippen LogP contribution in [0.25, 0.3) is 0 Å². The number of nitriles is 1. The summed E-state index contributed by atoms with van der Waals surface area (Å²) in [5.41, 5.74) is 2.56. The molecule has 1 aromatic carbocycles. The molecule has 1 aromatic heterocycles. The van der Waals surface area contributed by atoms with Gasteiger partial charge in [0.25, 0.3) is 0 Å². The maximum Gasteiger partial charge on any atom is 0.0702 e. The number of aliphatic hydroxyl groups is 1. The van der Waals surface area contributed by atoms with Crippen LogP contribution in [-0.2, 0) is 13.2 Å². The topological polar surface area (TPSA) is 60.2 Å². The van der Waals surface area contributed by atoms with Gasteiger partial charge < -0.3 is 10.0 Å². The molecular weight excluding hydrogens is 286 g/mol. The van der Waals surface area contributed by atoms with Crippen LogP contribution in [0.1, 0.15) is 17.5 Å². The summed E-state index contributed by atoms with van der Waals surface area (Å²) in [6, 6.07) is 11.4. The van der Waals surface area contributed by atoms with Gasteiger partial charge in [-0.1, -0.05) is 29.8 Å². The average molecular weight is 302 g/mol. The Morgan fingerprint density at radius 1 is 1.29 bits per heavy atom. The van der Waals surface area contributed by atoms with Crippen molar-refractivity contribution in [2.75, 3.05) is 11.4 Å². The van der Waals surface area contributed by atoms with E-state index in [1.54, 1.807) is 18.5 Å². The van der Waals surface area contributed by atoms with Crippen LogP contribution in [0.15, 0.2) is 42.7 Å². The lowest BCUT2D eigenvalue weighted by Crippen LogP contribution is -2.25. The van der Waals surface area contributed by atoms with E-state index in [1.165, 1.54) is 0 Å². The van der Waals surface area contributed by atoms with E-state index in [2.05, 4.69) is 11.1 Å². The highest BCUT2D eigenvalue weighted by Crippen LogP contribution is 2.31. The van der Waals surface area contributed by atoms with Gasteiger partial charge >= 0.3 is 0 Å². The summed E-state index contributed by atoms with van der Waals surface area (Å²) in [7, 11) is 0. The van der Waals surface area contributed by atoms with E-state index in [0.717, 1.165) is 16.8 Å². The molecular formula is C16H16ClN3O. The second-order valence-corrected chi connectivity index (χ2v) is 5.00. The minimum Gasteiger partial charge on any atom is -0.392 e. The number of anilines is 1. The van der Waals surface area contributed by atoms with Crippen molar-refractivity contribution >= 4 is 17.3 Å². The van der Waals surface area contributed by atoms with Crippen LogP contribution in [0, 0.1) is 11.3 Å². The van der Waals surface area contributed by atoms with Crippen molar-refractivity contribution in [1.82, 2.24) is 4.98 Å². The van der Waals surface area contributed by atoms with Gasteiger partial charge in [-0.15, -0.1) is 0 Å². The fourth-order valence-corrected chi connectivity index (χ4v) is 2.52. The molecule has 21 heavy (non-hydrogen) atoms. The fraction of sp³-hybridized carbons (Fsp3) is 0.250. The van der Waals surface area contributed by atoms with Crippen LogP contribution >= 0.6 is 11.6 Å². The highest BCUT2D eigenvalue weighted by Gasteiger charge is 2.15. The molecule has 0 saturated heterocycles. The Hall–Kier alpha value is -2.09. The van der Waals surface area contributed by atoms with Crippen LogP contribution in [-0.4, -0.2) is 16.6 Å². The summed E-state index contributed by atoms with van der Waals surface area (Å²) in [6.07, 6.45) is 3.89. The molecule has 0 bridgehead atoms. The Balaban J connectivity index is 2.34. The molecule has 1 N–H and O–H groups in total. The van der Waals surface area contributed by atoms with Gasteiger partial charge in [0.2, 0.25) is 0 Å². The number of aromatic nitrogens is 1. The summed E-state index contributed by atoms with van der Waals surface area (Å²) in [6.45, 7) is 1.04. The maximum absolute atomic E-state index is 9.52. The molecule has 108 valence electrons. The quantitative estimate of drug-likeness (QED) is 0.890. The van der Waals surface area contributed by atoms with Gasteiger partial charge in [-0.25, -0.2) is 0 Å². The zero-order valence-electron chi connectivity index (χ0n) is 11.5. The Labute approximate surface area is 129 Å². The summed E-state index contributed by atoms with van der Waals surface area (Å²) in [4.78, 5) is 6.11. The third-order valence-corrected chi connectivity index (χ3v) is 3.45. The largest absolute Gasteiger partial charge is 0.392 e. The van der Waals surface area contributed by atoms with Crippen molar-refractivity contribution < 1.29 is 5.11 Å². The van der Waals surface area contributed by atoms with Crippen LogP contribution in [0.3, 0.4) is 0 Å². The van der Waals surface area contributed by atoms with E-state index >= 15 is 0 Å². The van der Waals surface area contributed by atoms with Gasteiger partial charge in [0.1, 0.15) is 0 Å². The molecule has 0 atom stereocenters. The molecule has 0 fully saturated rings. The molecule has 0 aliphatic heterocycles. The highest BCUT2D eigenvalue weighted by molar-refractivity contribution is 6.33. The summed E-state index contributed by atoms with van der Waals surface area (Å²) in [5.74, 6) is 0. The molecule has 1 heterocycles. The molecule has 0 saturated carbocycles. The second-order valence-electron chi connectivity index (χ2n) is 4.60. The van der Waals surface area contributed by atoms with E-state index in [9.17, 15) is 5.11 Å². The Bertz CT molecular complexity index is 625. The maximum atomic E-state index is 9.52. The van der Waals surface area contributed by atoms with Gasteiger partial charge in [0, 0.05) is 31.0 Å². The number of para-hydroxylation sites is 1. The van der Waals surface area contributed by atoms with Crippen molar-refractivity contribution in [3.63, 3.8) is 0 Å². The van der Waals surface area contributed by atoms with E-state index < -0.39 is 0 Å². The SMILES string of the molecule is N#CCCN(Cc1cccnc1)c1c(Cl)cccc1CO. The van der Waals surface area contributed by atoms with Gasteiger partial charge in [-0.3, -0.25) is 4.98 Å². The first-order valence-corrected chi connectivity index (χ1v) is 7.03.